The van der Waals surface area contributed by atoms with Gasteiger partial charge in [-0.3, -0.25) is 0 Å². The van der Waals surface area contributed by atoms with E-state index in [9.17, 15) is 13.2 Å². The van der Waals surface area contributed by atoms with E-state index in [-0.39, 0.29) is 23.5 Å². The summed E-state index contributed by atoms with van der Waals surface area (Å²) in [5.41, 5.74) is 0. The van der Waals surface area contributed by atoms with Crippen LogP contribution in [0.15, 0.2) is 17.5 Å². The van der Waals surface area contributed by atoms with Gasteiger partial charge in [0.15, 0.2) is 9.84 Å². The summed E-state index contributed by atoms with van der Waals surface area (Å²) in [4.78, 5) is 12.8. The average molecular weight is 302 g/mol. The molecule has 0 radical (unpaired) electrons. The highest BCUT2D eigenvalue weighted by Gasteiger charge is 2.27. The Morgan fingerprint density at radius 3 is 2.89 bits per heavy atom. The summed E-state index contributed by atoms with van der Waals surface area (Å²) in [6.07, 6.45) is 1.47. The summed E-state index contributed by atoms with van der Waals surface area (Å²) in [5, 5.41) is 7.51. The van der Waals surface area contributed by atoms with Gasteiger partial charge < -0.3 is 10.6 Å². The van der Waals surface area contributed by atoms with E-state index < -0.39 is 9.84 Å². The Bertz CT molecular complexity index is 511. The highest BCUT2D eigenvalue weighted by Crippen LogP contribution is 2.17. The lowest BCUT2D eigenvalue weighted by molar-refractivity contribution is 0.239. The Labute approximate surface area is 117 Å². The summed E-state index contributed by atoms with van der Waals surface area (Å²) in [5.74, 6) is 0.509. The van der Waals surface area contributed by atoms with Crippen LogP contribution in [0, 0.1) is 5.92 Å². The van der Waals surface area contributed by atoms with Crippen molar-refractivity contribution in [2.24, 2.45) is 5.92 Å². The number of carbonyl (C=O) groups is 1. The maximum Gasteiger partial charge on any atom is 0.314 e. The lowest BCUT2D eigenvalue weighted by atomic mass is 10.1. The van der Waals surface area contributed by atoms with Crippen molar-refractivity contribution in [3.05, 3.63) is 22.4 Å². The summed E-state index contributed by atoms with van der Waals surface area (Å²) >= 11 is 1.67. The minimum Gasteiger partial charge on any atom is -0.338 e. The number of urea groups is 1. The second-order valence-electron chi connectivity index (χ2n) is 4.74. The van der Waals surface area contributed by atoms with E-state index in [2.05, 4.69) is 10.6 Å². The molecule has 1 aliphatic rings. The van der Waals surface area contributed by atoms with Gasteiger partial charge in [-0.1, -0.05) is 6.07 Å². The van der Waals surface area contributed by atoms with Crippen LogP contribution in [0.4, 0.5) is 4.79 Å². The lowest BCUT2D eigenvalue weighted by Crippen LogP contribution is -2.39. The third-order valence-electron chi connectivity index (χ3n) is 3.12. The minimum absolute atomic E-state index is 0.0630. The number of hydrogen-bond donors (Lipinski definition) is 2. The number of hydrogen-bond acceptors (Lipinski definition) is 4. The maximum absolute atomic E-state index is 11.5. The van der Waals surface area contributed by atoms with E-state index >= 15 is 0 Å². The highest BCUT2D eigenvalue weighted by atomic mass is 32.2. The summed E-state index contributed by atoms with van der Waals surface area (Å²) < 4.78 is 22.5. The van der Waals surface area contributed by atoms with Crippen LogP contribution >= 0.6 is 11.3 Å². The fourth-order valence-electron chi connectivity index (χ4n) is 2.09. The van der Waals surface area contributed by atoms with Crippen molar-refractivity contribution < 1.29 is 13.2 Å². The van der Waals surface area contributed by atoms with E-state index in [0.717, 1.165) is 6.42 Å². The van der Waals surface area contributed by atoms with Gasteiger partial charge in [-0.2, -0.15) is 0 Å². The van der Waals surface area contributed by atoms with Gasteiger partial charge in [0, 0.05) is 18.0 Å². The van der Waals surface area contributed by atoms with Crippen LogP contribution in [-0.4, -0.2) is 39.0 Å². The largest absolute Gasteiger partial charge is 0.338 e. The SMILES string of the molecule is O=C(NCCc1cccs1)NC[C@@H]1CCS(=O)(=O)C1. The number of thiophene rings is 1. The number of carbonyl (C=O) groups excluding carboxylic acids is 1. The second-order valence-corrected chi connectivity index (χ2v) is 8.00. The molecule has 2 rings (SSSR count). The van der Waals surface area contributed by atoms with Crippen molar-refractivity contribution in [3.63, 3.8) is 0 Å². The van der Waals surface area contributed by atoms with Crippen molar-refractivity contribution in [2.75, 3.05) is 24.6 Å². The molecule has 19 heavy (non-hydrogen) atoms. The number of sulfone groups is 1. The van der Waals surface area contributed by atoms with Gasteiger partial charge in [-0.05, 0) is 30.2 Å². The van der Waals surface area contributed by atoms with Crippen molar-refractivity contribution in [2.45, 2.75) is 12.8 Å². The van der Waals surface area contributed by atoms with Crippen LogP contribution in [0.25, 0.3) is 0 Å². The minimum atomic E-state index is -2.86. The molecule has 1 saturated heterocycles. The van der Waals surface area contributed by atoms with Crippen LogP contribution in [0.5, 0.6) is 0 Å². The zero-order chi connectivity index (χ0) is 13.7. The summed E-state index contributed by atoms with van der Waals surface area (Å²) in [6, 6.07) is 3.80. The number of amides is 2. The Balaban J connectivity index is 1.60. The molecule has 0 aromatic carbocycles. The van der Waals surface area contributed by atoms with Crippen LogP contribution in [-0.2, 0) is 16.3 Å². The fraction of sp³-hybridized carbons (Fsp3) is 0.583. The third kappa shape index (κ3) is 4.83. The Morgan fingerprint density at radius 2 is 2.26 bits per heavy atom. The van der Waals surface area contributed by atoms with E-state index in [1.165, 1.54) is 4.88 Å². The Kier molecular flexibility index (Phi) is 4.81. The maximum atomic E-state index is 11.5. The smallest absolute Gasteiger partial charge is 0.314 e. The molecule has 2 N–H and O–H groups in total. The van der Waals surface area contributed by atoms with Gasteiger partial charge in [-0.25, -0.2) is 13.2 Å². The molecule has 0 aliphatic carbocycles. The zero-order valence-electron chi connectivity index (χ0n) is 10.6. The Hall–Kier alpha value is -1.08. The standard InChI is InChI=1S/C12H18N2O3S2/c15-12(13-5-3-11-2-1-6-18-11)14-8-10-4-7-19(16,17)9-10/h1-2,6,10H,3-5,7-9H2,(H2,13,14,15)/t10-/m0/s1. The molecule has 1 aromatic heterocycles. The van der Waals surface area contributed by atoms with Gasteiger partial charge in [0.25, 0.3) is 0 Å². The summed E-state index contributed by atoms with van der Waals surface area (Å²) in [6.45, 7) is 1.03. The normalized spacial score (nSPS) is 21.2. The topological polar surface area (TPSA) is 75.3 Å². The van der Waals surface area contributed by atoms with Crippen LogP contribution < -0.4 is 10.6 Å². The van der Waals surface area contributed by atoms with Crippen LogP contribution in [0.2, 0.25) is 0 Å². The predicted molar refractivity (Wildman–Crippen MR) is 76.2 cm³/mol. The van der Waals surface area contributed by atoms with Crippen molar-refractivity contribution in [1.29, 1.82) is 0 Å². The van der Waals surface area contributed by atoms with Crippen molar-refractivity contribution >= 4 is 27.2 Å². The molecule has 1 aromatic rings. The molecule has 0 unspecified atom stereocenters. The van der Waals surface area contributed by atoms with Gasteiger partial charge >= 0.3 is 6.03 Å². The highest BCUT2D eigenvalue weighted by molar-refractivity contribution is 7.91. The van der Waals surface area contributed by atoms with Crippen LogP contribution in [0.3, 0.4) is 0 Å². The first-order valence-corrected chi connectivity index (χ1v) is 9.00. The molecule has 7 heteroatoms. The first kappa shape index (κ1) is 14.3. The molecular formula is C12H18N2O3S2. The lowest BCUT2D eigenvalue weighted by Gasteiger charge is -2.10. The van der Waals surface area contributed by atoms with Gasteiger partial charge in [0.05, 0.1) is 11.5 Å². The van der Waals surface area contributed by atoms with E-state index in [0.29, 0.717) is 19.5 Å². The second kappa shape index (κ2) is 6.38. The monoisotopic (exact) mass is 302 g/mol. The predicted octanol–water partition coefficient (Wildman–Crippen LogP) is 1.02. The molecule has 2 heterocycles. The van der Waals surface area contributed by atoms with Crippen LogP contribution in [0.1, 0.15) is 11.3 Å². The van der Waals surface area contributed by atoms with Crippen molar-refractivity contribution in [1.82, 2.24) is 10.6 Å². The molecule has 5 nitrogen and oxygen atoms in total. The molecule has 0 spiro atoms. The first-order valence-electron chi connectivity index (χ1n) is 6.30. The van der Waals surface area contributed by atoms with E-state index in [1.54, 1.807) is 11.3 Å². The number of nitrogens with one attached hydrogen (secondary N) is 2. The quantitative estimate of drug-likeness (QED) is 0.853. The molecule has 1 aliphatic heterocycles. The number of rotatable bonds is 5. The van der Waals surface area contributed by atoms with Gasteiger partial charge in [0.1, 0.15) is 0 Å². The Morgan fingerprint density at radius 1 is 1.42 bits per heavy atom. The average Bonchev–Trinajstić information content (AvgIpc) is 2.96. The molecule has 1 atom stereocenters. The molecule has 0 saturated carbocycles. The molecule has 1 fully saturated rings. The van der Waals surface area contributed by atoms with E-state index in [4.69, 9.17) is 0 Å². The first-order chi connectivity index (χ1) is 9.05. The van der Waals surface area contributed by atoms with Gasteiger partial charge in [0.2, 0.25) is 0 Å². The van der Waals surface area contributed by atoms with Gasteiger partial charge in [-0.15, -0.1) is 11.3 Å². The van der Waals surface area contributed by atoms with E-state index in [1.807, 2.05) is 17.5 Å². The summed E-state index contributed by atoms with van der Waals surface area (Å²) in [7, 11) is -2.86. The zero-order valence-corrected chi connectivity index (χ0v) is 12.2. The molecule has 2 amide bonds. The molecule has 106 valence electrons. The third-order valence-corrected chi connectivity index (χ3v) is 5.89. The van der Waals surface area contributed by atoms with Crippen molar-refractivity contribution in [3.8, 4) is 0 Å². The molecule has 0 bridgehead atoms. The molecular weight excluding hydrogens is 284 g/mol. The fourth-order valence-corrected chi connectivity index (χ4v) is 4.66.